The maximum absolute atomic E-state index is 12.9. The van der Waals surface area contributed by atoms with E-state index in [0.717, 1.165) is 0 Å². The Morgan fingerprint density at radius 1 is 1.07 bits per heavy atom. The minimum atomic E-state index is -3.75. The lowest BCUT2D eigenvalue weighted by atomic mass is 9.81. The van der Waals surface area contributed by atoms with E-state index in [-0.39, 0.29) is 17.3 Å². The molecule has 2 aromatic rings. The number of para-hydroxylation sites is 1. The number of benzene rings is 2. The zero-order valence-corrected chi connectivity index (χ0v) is 16.8. The molecule has 0 heterocycles. The van der Waals surface area contributed by atoms with Gasteiger partial charge in [0, 0.05) is 19.3 Å². The Kier molecular flexibility index (Phi) is 6.62. The number of carbonyl (C=O) groups is 1. The van der Waals surface area contributed by atoms with Crippen LogP contribution in [-0.2, 0) is 14.8 Å². The van der Waals surface area contributed by atoms with Crippen LogP contribution in [0.2, 0.25) is 0 Å². The van der Waals surface area contributed by atoms with Crippen molar-refractivity contribution >= 4 is 27.3 Å². The van der Waals surface area contributed by atoms with E-state index in [9.17, 15) is 13.2 Å². The smallest absolute Gasteiger partial charge is 0.264 e. The average Bonchev–Trinajstić information content (AvgIpc) is 2.70. The van der Waals surface area contributed by atoms with Gasteiger partial charge in [0.25, 0.3) is 10.0 Å². The number of rotatable bonds is 8. The summed E-state index contributed by atoms with van der Waals surface area (Å²) in [5.41, 5.74) is 6.16. The first-order chi connectivity index (χ1) is 12.8. The van der Waals surface area contributed by atoms with Gasteiger partial charge in [0.1, 0.15) is 0 Å². The van der Waals surface area contributed by atoms with Crippen LogP contribution in [0.4, 0.5) is 11.4 Å². The molecule has 146 valence electrons. The second-order valence-electron chi connectivity index (χ2n) is 6.48. The van der Waals surface area contributed by atoms with Crippen molar-refractivity contribution in [3.8, 4) is 0 Å². The summed E-state index contributed by atoms with van der Waals surface area (Å²) in [5, 5.41) is 2.82. The van der Waals surface area contributed by atoms with Crippen LogP contribution in [0.15, 0.2) is 59.5 Å². The summed E-state index contributed by atoms with van der Waals surface area (Å²) in [6.45, 7) is 4.08. The molecule has 0 spiro atoms. The van der Waals surface area contributed by atoms with Gasteiger partial charge in [0.15, 0.2) is 0 Å². The van der Waals surface area contributed by atoms with Gasteiger partial charge < -0.3 is 11.1 Å². The highest BCUT2D eigenvalue weighted by molar-refractivity contribution is 7.92. The molecule has 0 aliphatic carbocycles. The molecule has 0 saturated heterocycles. The number of hydrogen-bond donors (Lipinski definition) is 2. The van der Waals surface area contributed by atoms with E-state index in [2.05, 4.69) is 5.32 Å². The standard InChI is InChI=1S/C20H27N3O3S/c1-4-20(5-2,15-21)19(24)22-16-10-9-13-18(14-16)27(25,26)23(3)17-11-7-6-8-12-17/h6-14H,4-5,15,21H2,1-3H3,(H,22,24). The Bertz CT molecular complexity index is 870. The van der Waals surface area contributed by atoms with Gasteiger partial charge in [0.2, 0.25) is 5.91 Å². The molecule has 0 bridgehead atoms. The van der Waals surface area contributed by atoms with Crippen molar-refractivity contribution in [2.75, 3.05) is 23.2 Å². The third kappa shape index (κ3) is 4.31. The summed E-state index contributed by atoms with van der Waals surface area (Å²) in [7, 11) is -2.24. The normalized spacial score (nSPS) is 11.9. The second kappa shape index (κ2) is 8.54. The first kappa shape index (κ1) is 20.9. The lowest BCUT2D eigenvalue weighted by Gasteiger charge is -2.28. The molecule has 2 rings (SSSR count). The molecule has 0 unspecified atom stereocenters. The molecule has 7 heteroatoms. The number of carbonyl (C=O) groups excluding carboxylic acids is 1. The molecular formula is C20H27N3O3S. The third-order valence-electron chi connectivity index (χ3n) is 5.10. The van der Waals surface area contributed by atoms with Crippen molar-refractivity contribution in [1.82, 2.24) is 0 Å². The summed E-state index contributed by atoms with van der Waals surface area (Å²) in [4.78, 5) is 12.8. The number of hydrogen-bond acceptors (Lipinski definition) is 4. The van der Waals surface area contributed by atoms with Crippen molar-refractivity contribution in [2.24, 2.45) is 11.1 Å². The Morgan fingerprint density at radius 3 is 2.26 bits per heavy atom. The Labute approximate surface area is 161 Å². The quantitative estimate of drug-likeness (QED) is 0.725. The number of sulfonamides is 1. The number of nitrogens with two attached hydrogens (primary N) is 1. The third-order valence-corrected chi connectivity index (χ3v) is 6.88. The molecule has 0 atom stereocenters. The lowest BCUT2D eigenvalue weighted by Crippen LogP contribution is -2.41. The van der Waals surface area contributed by atoms with Gasteiger partial charge in [0.05, 0.1) is 16.0 Å². The molecule has 0 radical (unpaired) electrons. The molecule has 0 saturated carbocycles. The molecule has 6 nitrogen and oxygen atoms in total. The second-order valence-corrected chi connectivity index (χ2v) is 8.45. The molecule has 27 heavy (non-hydrogen) atoms. The highest BCUT2D eigenvalue weighted by atomic mass is 32.2. The molecule has 1 amide bonds. The van der Waals surface area contributed by atoms with Gasteiger partial charge in [-0.25, -0.2) is 8.42 Å². The summed E-state index contributed by atoms with van der Waals surface area (Å²) in [6.07, 6.45) is 1.22. The van der Waals surface area contributed by atoms with E-state index < -0.39 is 15.4 Å². The summed E-state index contributed by atoms with van der Waals surface area (Å²) in [5.74, 6) is -0.194. The zero-order chi connectivity index (χ0) is 20.1. The maximum atomic E-state index is 12.9. The predicted molar refractivity (Wildman–Crippen MR) is 109 cm³/mol. The molecule has 0 aromatic heterocycles. The van der Waals surface area contributed by atoms with Gasteiger partial charge >= 0.3 is 0 Å². The molecule has 0 aliphatic heterocycles. The number of nitrogens with zero attached hydrogens (tertiary/aromatic N) is 1. The van der Waals surface area contributed by atoms with Gasteiger partial charge in [-0.1, -0.05) is 38.1 Å². The molecule has 2 aromatic carbocycles. The van der Waals surface area contributed by atoms with Crippen LogP contribution in [0.5, 0.6) is 0 Å². The fourth-order valence-corrected chi connectivity index (χ4v) is 4.13. The topological polar surface area (TPSA) is 92.5 Å². The average molecular weight is 390 g/mol. The largest absolute Gasteiger partial charge is 0.329 e. The molecular weight excluding hydrogens is 362 g/mol. The first-order valence-electron chi connectivity index (χ1n) is 8.96. The van der Waals surface area contributed by atoms with E-state index in [1.165, 1.54) is 23.5 Å². The molecule has 0 aliphatic rings. The Morgan fingerprint density at radius 2 is 1.70 bits per heavy atom. The summed E-state index contributed by atoms with van der Waals surface area (Å²) >= 11 is 0. The van der Waals surface area contributed by atoms with Crippen LogP contribution in [-0.4, -0.2) is 27.9 Å². The molecule has 3 N–H and O–H groups in total. The van der Waals surface area contributed by atoms with Crippen molar-refractivity contribution in [2.45, 2.75) is 31.6 Å². The van der Waals surface area contributed by atoms with Crippen LogP contribution >= 0.6 is 0 Å². The first-order valence-corrected chi connectivity index (χ1v) is 10.4. The van der Waals surface area contributed by atoms with E-state index in [1.54, 1.807) is 36.4 Å². The monoisotopic (exact) mass is 389 g/mol. The van der Waals surface area contributed by atoms with E-state index in [0.29, 0.717) is 24.2 Å². The van der Waals surface area contributed by atoms with Crippen LogP contribution in [0.25, 0.3) is 0 Å². The highest BCUT2D eigenvalue weighted by Crippen LogP contribution is 2.28. The molecule has 0 fully saturated rings. The minimum Gasteiger partial charge on any atom is -0.329 e. The van der Waals surface area contributed by atoms with Crippen LogP contribution in [0.1, 0.15) is 26.7 Å². The van der Waals surface area contributed by atoms with Gasteiger partial charge in [-0.3, -0.25) is 9.10 Å². The SMILES string of the molecule is CCC(CC)(CN)C(=O)Nc1cccc(S(=O)(=O)N(C)c2ccccc2)c1. The fraction of sp³-hybridized carbons (Fsp3) is 0.350. The van der Waals surface area contributed by atoms with Crippen LogP contribution < -0.4 is 15.4 Å². The minimum absolute atomic E-state index is 0.109. The van der Waals surface area contributed by atoms with Crippen molar-refractivity contribution < 1.29 is 13.2 Å². The van der Waals surface area contributed by atoms with Gasteiger partial charge in [-0.15, -0.1) is 0 Å². The highest BCUT2D eigenvalue weighted by Gasteiger charge is 2.33. The number of amides is 1. The summed E-state index contributed by atoms with van der Waals surface area (Å²) < 4.78 is 27.1. The van der Waals surface area contributed by atoms with Crippen LogP contribution in [0, 0.1) is 5.41 Å². The fourth-order valence-electron chi connectivity index (χ4n) is 2.89. The van der Waals surface area contributed by atoms with Crippen molar-refractivity contribution in [1.29, 1.82) is 0 Å². The Hall–Kier alpha value is -2.38. The van der Waals surface area contributed by atoms with Crippen LogP contribution in [0.3, 0.4) is 0 Å². The predicted octanol–water partition coefficient (Wildman–Crippen LogP) is 3.22. The number of nitrogens with one attached hydrogen (secondary N) is 1. The maximum Gasteiger partial charge on any atom is 0.264 e. The summed E-state index contributed by atoms with van der Waals surface area (Å²) in [6, 6.07) is 15.1. The van der Waals surface area contributed by atoms with E-state index >= 15 is 0 Å². The van der Waals surface area contributed by atoms with Crippen molar-refractivity contribution in [3.63, 3.8) is 0 Å². The van der Waals surface area contributed by atoms with E-state index in [4.69, 9.17) is 5.73 Å². The zero-order valence-electron chi connectivity index (χ0n) is 16.0. The van der Waals surface area contributed by atoms with Crippen molar-refractivity contribution in [3.05, 3.63) is 54.6 Å². The Balaban J connectivity index is 2.31. The lowest BCUT2D eigenvalue weighted by molar-refractivity contribution is -0.125. The number of anilines is 2. The van der Waals surface area contributed by atoms with Gasteiger partial charge in [-0.05, 0) is 43.2 Å². The van der Waals surface area contributed by atoms with Gasteiger partial charge in [-0.2, -0.15) is 0 Å². The van der Waals surface area contributed by atoms with E-state index in [1.807, 2.05) is 19.9 Å².